The van der Waals surface area contributed by atoms with Gasteiger partial charge in [0.05, 0.1) is 11.0 Å². The van der Waals surface area contributed by atoms with Crippen molar-refractivity contribution in [3.8, 4) is 44.8 Å². The summed E-state index contributed by atoms with van der Waals surface area (Å²) in [7, 11) is 0. The molecule has 0 fully saturated rings. The molecule has 0 unspecified atom stereocenters. The molecule has 0 radical (unpaired) electrons. The van der Waals surface area contributed by atoms with Gasteiger partial charge < -0.3 is 0 Å². The molecule has 4 nitrogen and oxygen atoms in total. The van der Waals surface area contributed by atoms with Crippen molar-refractivity contribution in [1.82, 2.24) is 19.9 Å². The minimum Gasteiger partial charge on any atom is -0.244 e. The predicted molar refractivity (Wildman–Crippen MR) is 154 cm³/mol. The number of fused-ring (bicyclic) bond motifs is 3. The van der Waals surface area contributed by atoms with Crippen molar-refractivity contribution >= 4 is 21.8 Å². The van der Waals surface area contributed by atoms with Crippen LogP contribution in [0.1, 0.15) is 0 Å². The van der Waals surface area contributed by atoms with Gasteiger partial charge in [0.25, 0.3) is 0 Å². The van der Waals surface area contributed by atoms with E-state index < -0.39 is 0 Å². The second-order valence-corrected chi connectivity index (χ2v) is 9.17. The molecule has 2 heterocycles. The number of hydrogen-bond donors (Lipinski definition) is 0. The topological polar surface area (TPSA) is 51.6 Å². The second-order valence-electron chi connectivity index (χ2n) is 9.17. The summed E-state index contributed by atoms with van der Waals surface area (Å²) >= 11 is 0. The van der Waals surface area contributed by atoms with E-state index in [0.717, 1.165) is 60.8 Å². The van der Waals surface area contributed by atoms with Crippen molar-refractivity contribution in [3.63, 3.8) is 0 Å². The average Bonchev–Trinajstić information content (AvgIpc) is 3.01. The SMILES string of the molecule is c1ccc(-c2cccc(-c3ncc4c(n3)c(-c3ccccc3)c(-c3ccccc3)c3ncncc34)c2)cc1. The summed E-state index contributed by atoms with van der Waals surface area (Å²) in [6, 6.07) is 39.6. The molecule has 2 aromatic heterocycles. The fourth-order valence-electron chi connectivity index (χ4n) is 5.11. The summed E-state index contributed by atoms with van der Waals surface area (Å²) in [5.74, 6) is 0.683. The summed E-state index contributed by atoms with van der Waals surface area (Å²) in [6.45, 7) is 0. The minimum absolute atomic E-state index is 0.683. The molecule has 0 bridgehead atoms. The molecular weight excluding hydrogens is 464 g/mol. The molecule has 0 atom stereocenters. The van der Waals surface area contributed by atoms with Crippen LogP contribution in [-0.2, 0) is 0 Å². The van der Waals surface area contributed by atoms with Crippen molar-refractivity contribution < 1.29 is 0 Å². The van der Waals surface area contributed by atoms with Crippen LogP contribution in [0.2, 0.25) is 0 Å². The van der Waals surface area contributed by atoms with Crippen LogP contribution >= 0.6 is 0 Å². The summed E-state index contributed by atoms with van der Waals surface area (Å²) in [5, 5.41) is 1.87. The van der Waals surface area contributed by atoms with E-state index >= 15 is 0 Å². The summed E-state index contributed by atoms with van der Waals surface area (Å²) in [5.41, 5.74) is 9.29. The number of rotatable bonds is 4. The van der Waals surface area contributed by atoms with Gasteiger partial charge in [-0.05, 0) is 28.3 Å². The molecular formula is C34H22N4. The van der Waals surface area contributed by atoms with Crippen molar-refractivity contribution in [3.05, 3.63) is 134 Å². The lowest BCUT2D eigenvalue weighted by molar-refractivity contribution is 1.21. The second kappa shape index (κ2) is 9.34. The highest BCUT2D eigenvalue weighted by molar-refractivity contribution is 6.19. The lowest BCUT2D eigenvalue weighted by Gasteiger charge is -2.17. The van der Waals surface area contributed by atoms with E-state index in [0.29, 0.717) is 5.82 Å². The maximum Gasteiger partial charge on any atom is 0.159 e. The summed E-state index contributed by atoms with van der Waals surface area (Å²) < 4.78 is 0. The van der Waals surface area contributed by atoms with Crippen LogP contribution < -0.4 is 0 Å². The smallest absolute Gasteiger partial charge is 0.159 e. The Balaban J connectivity index is 1.55. The Labute approximate surface area is 220 Å². The quantitative estimate of drug-likeness (QED) is 0.235. The van der Waals surface area contributed by atoms with Gasteiger partial charge in [0.15, 0.2) is 5.82 Å². The maximum atomic E-state index is 5.23. The summed E-state index contributed by atoms with van der Waals surface area (Å²) in [6.07, 6.45) is 5.39. The largest absolute Gasteiger partial charge is 0.244 e. The lowest BCUT2D eigenvalue weighted by Crippen LogP contribution is -1.98. The van der Waals surface area contributed by atoms with E-state index in [1.54, 1.807) is 6.33 Å². The predicted octanol–water partition coefficient (Wildman–Crippen LogP) is 8.24. The molecule has 0 spiro atoms. The van der Waals surface area contributed by atoms with Gasteiger partial charge in [-0.1, -0.05) is 109 Å². The Kier molecular flexibility index (Phi) is 5.41. The standard InChI is InChI=1S/C34H22N4/c1-4-11-23(12-5-1)26-17-10-18-27(19-26)34-36-21-29-28-20-35-22-37-32(28)30(24-13-6-2-7-14-24)31(33(29)38-34)25-15-8-3-9-16-25/h1-22H. The zero-order valence-corrected chi connectivity index (χ0v) is 20.5. The Morgan fingerprint density at radius 1 is 0.421 bits per heavy atom. The van der Waals surface area contributed by atoms with Crippen LogP contribution in [0.4, 0.5) is 0 Å². The Morgan fingerprint density at radius 2 is 0.974 bits per heavy atom. The van der Waals surface area contributed by atoms with Gasteiger partial charge in [0.1, 0.15) is 6.33 Å². The van der Waals surface area contributed by atoms with Crippen LogP contribution in [0.15, 0.2) is 134 Å². The number of hydrogen-bond acceptors (Lipinski definition) is 4. The molecule has 0 aliphatic rings. The zero-order chi connectivity index (χ0) is 25.3. The Hall–Kier alpha value is -5.22. The van der Waals surface area contributed by atoms with E-state index in [1.165, 1.54) is 0 Å². The highest BCUT2D eigenvalue weighted by Gasteiger charge is 2.20. The summed E-state index contributed by atoms with van der Waals surface area (Å²) in [4.78, 5) is 19.2. The third-order valence-corrected chi connectivity index (χ3v) is 6.87. The van der Waals surface area contributed by atoms with E-state index in [1.807, 2.05) is 30.6 Å². The van der Waals surface area contributed by atoms with Crippen molar-refractivity contribution in [2.24, 2.45) is 0 Å². The highest BCUT2D eigenvalue weighted by Crippen LogP contribution is 2.43. The first-order valence-corrected chi connectivity index (χ1v) is 12.6. The highest BCUT2D eigenvalue weighted by atomic mass is 14.9. The van der Waals surface area contributed by atoms with Gasteiger partial charge in [-0.15, -0.1) is 0 Å². The van der Waals surface area contributed by atoms with E-state index in [4.69, 9.17) is 15.0 Å². The zero-order valence-electron chi connectivity index (χ0n) is 20.5. The third-order valence-electron chi connectivity index (χ3n) is 6.87. The average molecular weight is 487 g/mol. The van der Waals surface area contributed by atoms with Crippen molar-refractivity contribution in [1.29, 1.82) is 0 Å². The molecule has 7 rings (SSSR count). The normalized spacial score (nSPS) is 11.2. The van der Waals surface area contributed by atoms with Crippen molar-refractivity contribution in [2.45, 2.75) is 0 Å². The van der Waals surface area contributed by atoms with E-state index in [2.05, 4.69) is 102 Å². The van der Waals surface area contributed by atoms with E-state index in [-0.39, 0.29) is 0 Å². The van der Waals surface area contributed by atoms with E-state index in [9.17, 15) is 0 Å². The molecule has 0 saturated carbocycles. The van der Waals surface area contributed by atoms with Gasteiger partial charge in [0.2, 0.25) is 0 Å². The van der Waals surface area contributed by atoms with Crippen LogP contribution in [-0.4, -0.2) is 19.9 Å². The third kappa shape index (κ3) is 3.80. The van der Waals surface area contributed by atoms with Crippen molar-refractivity contribution in [2.75, 3.05) is 0 Å². The molecule has 0 amide bonds. The molecule has 178 valence electrons. The lowest BCUT2D eigenvalue weighted by atomic mass is 9.89. The Morgan fingerprint density at radius 3 is 1.66 bits per heavy atom. The minimum atomic E-state index is 0.683. The van der Waals surface area contributed by atoms with Gasteiger partial charge in [-0.3, -0.25) is 0 Å². The first-order valence-electron chi connectivity index (χ1n) is 12.6. The number of aromatic nitrogens is 4. The van der Waals surface area contributed by atoms with Gasteiger partial charge in [0, 0.05) is 39.9 Å². The monoisotopic (exact) mass is 486 g/mol. The molecule has 0 aliphatic carbocycles. The molecule has 0 N–H and O–H groups in total. The van der Waals surface area contributed by atoms with Crippen LogP contribution in [0.3, 0.4) is 0 Å². The van der Waals surface area contributed by atoms with Gasteiger partial charge >= 0.3 is 0 Å². The van der Waals surface area contributed by atoms with Crippen LogP contribution in [0.5, 0.6) is 0 Å². The number of benzene rings is 5. The molecule has 7 aromatic rings. The van der Waals surface area contributed by atoms with Gasteiger partial charge in [-0.2, -0.15) is 0 Å². The molecule has 5 aromatic carbocycles. The number of nitrogens with zero attached hydrogens (tertiary/aromatic N) is 4. The fourth-order valence-corrected chi connectivity index (χ4v) is 5.11. The molecule has 4 heteroatoms. The Bertz CT molecular complexity index is 1900. The van der Waals surface area contributed by atoms with Crippen LogP contribution in [0.25, 0.3) is 66.6 Å². The fraction of sp³-hybridized carbons (Fsp3) is 0. The first kappa shape index (κ1) is 22.0. The maximum absolute atomic E-state index is 5.23. The molecule has 0 saturated heterocycles. The molecule has 38 heavy (non-hydrogen) atoms. The first-order chi connectivity index (χ1) is 18.9. The molecule has 0 aliphatic heterocycles. The van der Waals surface area contributed by atoms with Crippen LogP contribution in [0, 0.1) is 0 Å². The van der Waals surface area contributed by atoms with Gasteiger partial charge in [-0.25, -0.2) is 19.9 Å².